The van der Waals surface area contributed by atoms with Gasteiger partial charge in [-0.3, -0.25) is 0 Å². The molecule has 3 rings (SSSR count). The highest BCUT2D eigenvalue weighted by atomic mass is 32.2. The highest BCUT2D eigenvalue weighted by Crippen LogP contribution is 2.47. The van der Waals surface area contributed by atoms with Gasteiger partial charge in [0, 0.05) is 21.4 Å². The maximum atomic E-state index is 6.56. The Kier molecular flexibility index (Phi) is 9.86. The van der Waals surface area contributed by atoms with Crippen molar-refractivity contribution in [2.45, 2.75) is 84.0 Å². The molecule has 30 heavy (non-hydrogen) atoms. The standard InChI is InChI=1S/C26H38OS3/c1-5-9-11-19(7-3)17-27-23-21-13-15-29-25(21)26(22-14-16-28-24(22)23)30-18-20(8-4)12-10-6-2/h13-16,19-20H,5-12,17-18H2,1-4H3. The minimum Gasteiger partial charge on any atom is -0.491 e. The van der Waals surface area contributed by atoms with Crippen LogP contribution in [0.3, 0.4) is 0 Å². The van der Waals surface area contributed by atoms with Gasteiger partial charge in [0.15, 0.2) is 0 Å². The maximum Gasteiger partial charge on any atom is 0.145 e. The fourth-order valence-corrected chi connectivity index (χ4v) is 7.57. The van der Waals surface area contributed by atoms with Gasteiger partial charge in [-0.15, -0.1) is 34.4 Å². The lowest BCUT2D eigenvalue weighted by molar-refractivity contribution is 0.238. The summed E-state index contributed by atoms with van der Waals surface area (Å²) in [5, 5.41) is 7.22. The number of hydrogen-bond donors (Lipinski definition) is 0. The Morgan fingerprint density at radius 3 is 2.13 bits per heavy atom. The molecule has 0 spiro atoms. The number of rotatable bonds is 14. The van der Waals surface area contributed by atoms with E-state index in [0.29, 0.717) is 5.92 Å². The molecule has 0 aliphatic rings. The minimum atomic E-state index is 0.659. The summed E-state index contributed by atoms with van der Waals surface area (Å²) in [4.78, 5) is 1.48. The van der Waals surface area contributed by atoms with Gasteiger partial charge in [-0.1, -0.05) is 66.2 Å². The van der Waals surface area contributed by atoms with Gasteiger partial charge in [0.25, 0.3) is 0 Å². The van der Waals surface area contributed by atoms with Gasteiger partial charge < -0.3 is 4.74 Å². The zero-order chi connectivity index (χ0) is 21.3. The average Bonchev–Trinajstić information content (AvgIpc) is 3.44. The Labute approximate surface area is 195 Å². The second-order valence-corrected chi connectivity index (χ2v) is 11.3. The predicted molar refractivity (Wildman–Crippen MR) is 140 cm³/mol. The van der Waals surface area contributed by atoms with Crippen LogP contribution in [0.25, 0.3) is 20.2 Å². The molecule has 0 aliphatic carbocycles. The van der Waals surface area contributed by atoms with E-state index in [1.54, 1.807) is 0 Å². The summed E-state index contributed by atoms with van der Waals surface area (Å²) in [7, 11) is 0. The highest BCUT2D eigenvalue weighted by molar-refractivity contribution is 7.99. The Hall–Kier alpha value is -0.710. The van der Waals surface area contributed by atoms with Crippen molar-refractivity contribution in [3.63, 3.8) is 0 Å². The molecule has 1 nitrogen and oxygen atoms in total. The second-order valence-electron chi connectivity index (χ2n) is 8.44. The van der Waals surface area contributed by atoms with Crippen LogP contribution in [0.5, 0.6) is 5.75 Å². The number of thiophene rings is 2. The third kappa shape index (κ3) is 5.75. The van der Waals surface area contributed by atoms with Crippen molar-refractivity contribution in [3.8, 4) is 5.75 Å². The molecule has 166 valence electrons. The van der Waals surface area contributed by atoms with E-state index >= 15 is 0 Å². The normalized spacial score (nSPS) is 13.9. The number of hydrogen-bond acceptors (Lipinski definition) is 4. The molecule has 3 aromatic rings. The lowest BCUT2D eigenvalue weighted by atomic mass is 10.0. The number of unbranched alkanes of at least 4 members (excludes halogenated alkanes) is 2. The third-order valence-corrected chi connectivity index (χ3v) is 9.57. The molecule has 0 N–H and O–H groups in total. The summed E-state index contributed by atoms with van der Waals surface area (Å²) in [6.45, 7) is 10.1. The fourth-order valence-electron chi connectivity index (χ4n) is 4.06. The summed E-state index contributed by atoms with van der Waals surface area (Å²) in [6.07, 6.45) is 10.3. The first-order valence-electron chi connectivity index (χ1n) is 11.9. The maximum absolute atomic E-state index is 6.56. The van der Waals surface area contributed by atoms with Crippen LogP contribution in [-0.4, -0.2) is 12.4 Å². The van der Waals surface area contributed by atoms with Crippen LogP contribution in [0.15, 0.2) is 27.8 Å². The van der Waals surface area contributed by atoms with E-state index < -0.39 is 0 Å². The van der Waals surface area contributed by atoms with Gasteiger partial charge in [-0.2, -0.15) is 0 Å². The van der Waals surface area contributed by atoms with Gasteiger partial charge in [0.05, 0.1) is 16.0 Å². The molecule has 2 heterocycles. The lowest BCUT2D eigenvalue weighted by Crippen LogP contribution is -2.11. The van der Waals surface area contributed by atoms with Gasteiger partial charge in [0.2, 0.25) is 0 Å². The van der Waals surface area contributed by atoms with Crippen LogP contribution >= 0.6 is 34.4 Å². The molecule has 0 aliphatic heterocycles. The highest BCUT2D eigenvalue weighted by Gasteiger charge is 2.19. The molecule has 4 heteroatoms. The smallest absolute Gasteiger partial charge is 0.145 e. The van der Waals surface area contributed by atoms with Crippen molar-refractivity contribution in [3.05, 3.63) is 22.9 Å². The Morgan fingerprint density at radius 1 is 0.833 bits per heavy atom. The molecule has 0 fully saturated rings. The molecule has 1 aromatic carbocycles. The van der Waals surface area contributed by atoms with Crippen molar-refractivity contribution >= 4 is 54.6 Å². The van der Waals surface area contributed by atoms with Crippen LogP contribution in [0.4, 0.5) is 0 Å². The number of ether oxygens (including phenoxy) is 1. The molecule has 0 saturated carbocycles. The lowest BCUT2D eigenvalue weighted by Gasteiger charge is -2.18. The van der Waals surface area contributed by atoms with E-state index in [-0.39, 0.29) is 0 Å². The van der Waals surface area contributed by atoms with Crippen LogP contribution in [0.2, 0.25) is 0 Å². The average molecular weight is 463 g/mol. The molecular formula is C26H38OS3. The number of fused-ring (bicyclic) bond motifs is 2. The quantitative estimate of drug-likeness (QED) is 0.220. The largest absolute Gasteiger partial charge is 0.491 e. The van der Waals surface area contributed by atoms with E-state index in [4.69, 9.17) is 4.74 Å². The topological polar surface area (TPSA) is 9.23 Å². The van der Waals surface area contributed by atoms with Gasteiger partial charge in [-0.05, 0) is 47.6 Å². The molecule has 0 saturated heterocycles. The zero-order valence-electron chi connectivity index (χ0n) is 19.2. The van der Waals surface area contributed by atoms with E-state index in [2.05, 4.69) is 62.3 Å². The van der Waals surface area contributed by atoms with Gasteiger partial charge in [0.1, 0.15) is 5.75 Å². The molecule has 2 unspecified atom stereocenters. The summed E-state index contributed by atoms with van der Waals surface area (Å²) in [5.41, 5.74) is 0. The van der Waals surface area contributed by atoms with Crippen molar-refractivity contribution in [1.29, 1.82) is 0 Å². The van der Waals surface area contributed by atoms with Crippen LogP contribution < -0.4 is 4.74 Å². The molecule has 0 bridgehead atoms. The number of thioether (sulfide) groups is 1. The summed E-state index contributed by atoms with van der Waals surface area (Å²) in [5.74, 6) is 3.84. The summed E-state index contributed by atoms with van der Waals surface area (Å²) in [6, 6.07) is 4.59. The first kappa shape index (κ1) is 23.9. The van der Waals surface area contributed by atoms with Crippen LogP contribution in [0, 0.1) is 11.8 Å². The molecule has 0 amide bonds. The van der Waals surface area contributed by atoms with E-state index in [1.165, 1.54) is 82.2 Å². The third-order valence-electron chi connectivity index (χ3n) is 6.25. The predicted octanol–water partition coefficient (Wildman–Crippen LogP) is 10.0. The van der Waals surface area contributed by atoms with E-state index in [9.17, 15) is 0 Å². The first-order valence-corrected chi connectivity index (χ1v) is 14.6. The van der Waals surface area contributed by atoms with E-state index in [1.807, 2.05) is 22.7 Å². The van der Waals surface area contributed by atoms with Crippen molar-refractivity contribution in [2.75, 3.05) is 12.4 Å². The summed E-state index contributed by atoms with van der Waals surface area (Å²) >= 11 is 5.81. The van der Waals surface area contributed by atoms with Gasteiger partial charge in [-0.25, -0.2) is 0 Å². The summed E-state index contributed by atoms with van der Waals surface area (Å²) < 4.78 is 9.33. The van der Waals surface area contributed by atoms with Crippen LogP contribution in [0.1, 0.15) is 79.1 Å². The second kappa shape index (κ2) is 12.4. The van der Waals surface area contributed by atoms with E-state index in [0.717, 1.165) is 18.3 Å². The fraction of sp³-hybridized carbons (Fsp3) is 0.615. The van der Waals surface area contributed by atoms with Crippen molar-refractivity contribution in [2.24, 2.45) is 11.8 Å². The first-order chi connectivity index (χ1) is 14.7. The molecule has 2 atom stereocenters. The minimum absolute atomic E-state index is 0.659. The van der Waals surface area contributed by atoms with Crippen LogP contribution in [-0.2, 0) is 0 Å². The Balaban J connectivity index is 1.85. The van der Waals surface area contributed by atoms with Gasteiger partial charge >= 0.3 is 0 Å². The molecular weight excluding hydrogens is 424 g/mol. The monoisotopic (exact) mass is 462 g/mol. The molecule has 0 radical (unpaired) electrons. The van der Waals surface area contributed by atoms with Crippen molar-refractivity contribution < 1.29 is 4.74 Å². The zero-order valence-corrected chi connectivity index (χ0v) is 21.6. The SMILES string of the molecule is CCCCC(CC)COc1c2ccsc2c(SCC(CC)CCCC)c2ccsc12. The molecule has 2 aromatic heterocycles. The van der Waals surface area contributed by atoms with Crippen molar-refractivity contribution in [1.82, 2.24) is 0 Å². The number of benzene rings is 1. The Morgan fingerprint density at radius 2 is 1.47 bits per heavy atom. The Bertz CT molecular complexity index is 774.